The van der Waals surface area contributed by atoms with Crippen molar-refractivity contribution in [2.45, 2.75) is 33.0 Å². The molecule has 3 N–H and O–H groups in total. The first-order valence-electron chi connectivity index (χ1n) is 5.66. The average molecular weight is 264 g/mol. The minimum atomic E-state index is -3.53. The van der Waals surface area contributed by atoms with Gasteiger partial charge in [0.05, 0.1) is 23.9 Å². The van der Waals surface area contributed by atoms with Crippen LogP contribution in [0.1, 0.15) is 20.8 Å². The van der Waals surface area contributed by atoms with Gasteiger partial charge >= 0.3 is 0 Å². The van der Waals surface area contributed by atoms with E-state index in [1.54, 1.807) is 0 Å². The highest BCUT2D eigenvalue weighted by Crippen LogP contribution is 2.31. The third-order valence-corrected chi connectivity index (χ3v) is 4.00. The van der Waals surface area contributed by atoms with E-state index in [-0.39, 0.29) is 42.2 Å². The molecule has 4 unspecified atom stereocenters. The number of nitrogens with one attached hydrogen (secondary N) is 1. The molecule has 0 spiro atoms. The van der Waals surface area contributed by atoms with Gasteiger partial charge in [0.25, 0.3) is 0 Å². The van der Waals surface area contributed by atoms with Gasteiger partial charge in [-0.2, -0.15) is 0 Å². The maximum absolute atomic E-state index is 11.9. The smallest absolute Gasteiger partial charge is 0.226 e. The van der Waals surface area contributed by atoms with Gasteiger partial charge in [0.1, 0.15) is 0 Å². The molecular formula is C10H20N2O4S. The number of hydrogen-bond donors (Lipinski definition) is 2. The molecule has 100 valence electrons. The zero-order chi connectivity index (χ0) is 13.2. The second kappa shape index (κ2) is 5.32. The fourth-order valence-electron chi connectivity index (χ4n) is 2.15. The van der Waals surface area contributed by atoms with Crippen LogP contribution in [0.3, 0.4) is 0 Å². The highest BCUT2D eigenvalue weighted by molar-refractivity contribution is 7.89. The number of carbonyl (C=O) groups is 1. The van der Waals surface area contributed by atoms with Crippen LogP contribution in [0.5, 0.6) is 0 Å². The first-order valence-corrected chi connectivity index (χ1v) is 7.37. The Labute approximate surface area is 102 Å². The Morgan fingerprint density at radius 2 is 1.88 bits per heavy atom. The van der Waals surface area contributed by atoms with Crippen LogP contribution >= 0.6 is 0 Å². The summed E-state index contributed by atoms with van der Waals surface area (Å²) in [5.74, 6) is -0.520. The van der Waals surface area contributed by atoms with Crippen molar-refractivity contribution in [1.82, 2.24) is 5.32 Å². The number of sulfonamides is 1. The lowest BCUT2D eigenvalue weighted by molar-refractivity contribution is -0.127. The normalized spacial score (nSPS) is 33.6. The Morgan fingerprint density at radius 3 is 2.29 bits per heavy atom. The Morgan fingerprint density at radius 1 is 1.29 bits per heavy atom. The molecule has 1 heterocycles. The molecule has 0 aromatic carbocycles. The van der Waals surface area contributed by atoms with Gasteiger partial charge in [0.15, 0.2) is 0 Å². The number of hydrogen-bond acceptors (Lipinski definition) is 4. The van der Waals surface area contributed by atoms with Crippen molar-refractivity contribution in [3.63, 3.8) is 0 Å². The van der Waals surface area contributed by atoms with Crippen molar-refractivity contribution in [2.75, 3.05) is 12.3 Å². The molecule has 6 nitrogen and oxygen atoms in total. The minimum Gasteiger partial charge on any atom is -0.374 e. The van der Waals surface area contributed by atoms with Crippen LogP contribution in [0, 0.1) is 11.8 Å². The van der Waals surface area contributed by atoms with E-state index in [9.17, 15) is 13.2 Å². The Balaban J connectivity index is 2.48. The molecule has 1 amide bonds. The summed E-state index contributed by atoms with van der Waals surface area (Å²) in [7, 11) is -3.53. The maximum Gasteiger partial charge on any atom is 0.226 e. The van der Waals surface area contributed by atoms with E-state index >= 15 is 0 Å². The molecule has 0 saturated carbocycles. The second-order valence-electron chi connectivity index (χ2n) is 4.59. The van der Waals surface area contributed by atoms with Crippen LogP contribution in [0.15, 0.2) is 0 Å². The summed E-state index contributed by atoms with van der Waals surface area (Å²) in [6, 6.07) is 0. The predicted octanol–water partition coefficient (Wildman–Crippen LogP) is -0.549. The maximum atomic E-state index is 11.9. The van der Waals surface area contributed by atoms with Gasteiger partial charge in [-0.15, -0.1) is 0 Å². The molecule has 1 fully saturated rings. The highest BCUT2D eigenvalue weighted by Gasteiger charge is 2.41. The Bertz CT molecular complexity index is 382. The van der Waals surface area contributed by atoms with Crippen molar-refractivity contribution < 1.29 is 17.9 Å². The molecule has 0 radical (unpaired) electrons. The van der Waals surface area contributed by atoms with Gasteiger partial charge in [-0.05, 0) is 19.8 Å². The molecule has 1 aliphatic rings. The topological polar surface area (TPSA) is 98.5 Å². The predicted molar refractivity (Wildman–Crippen MR) is 63.6 cm³/mol. The number of primary sulfonamides is 1. The summed E-state index contributed by atoms with van der Waals surface area (Å²) >= 11 is 0. The summed E-state index contributed by atoms with van der Waals surface area (Å²) < 4.78 is 27.0. The van der Waals surface area contributed by atoms with Gasteiger partial charge in [-0.25, -0.2) is 13.6 Å². The summed E-state index contributed by atoms with van der Waals surface area (Å²) in [4.78, 5) is 11.9. The fraction of sp³-hybridized carbons (Fsp3) is 0.900. The molecular weight excluding hydrogens is 244 g/mol. The van der Waals surface area contributed by atoms with Crippen LogP contribution in [0.4, 0.5) is 0 Å². The molecule has 7 heteroatoms. The van der Waals surface area contributed by atoms with Crippen molar-refractivity contribution in [3.05, 3.63) is 0 Å². The number of ether oxygens (including phenoxy) is 1. The van der Waals surface area contributed by atoms with E-state index in [4.69, 9.17) is 9.88 Å². The van der Waals surface area contributed by atoms with Gasteiger partial charge in [-0.1, -0.05) is 6.92 Å². The quantitative estimate of drug-likeness (QED) is 0.711. The van der Waals surface area contributed by atoms with Crippen molar-refractivity contribution in [3.8, 4) is 0 Å². The van der Waals surface area contributed by atoms with Crippen LogP contribution < -0.4 is 10.5 Å². The van der Waals surface area contributed by atoms with E-state index in [1.165, 1.54) is 0 Å². The molecule has 0 aliphatic carbocycles. The average Bonchev–Trinajstić information content (AvgIpc) is 2.38. The fourth-order valence-corrected chi connectivity index (χ4v) is 2.54. The first kappa shape index (κ1) is 14.4. The zero-order valence-corrected chi connectivity index (χ0v) is 11.2. The van der Waals surface area contributed by atoms with Crippen molar-refractivity contribution in [1.29, 1.82) is 0 Å². The summed E-state index contributed by atoms with van der Waals surface area (Å²) in [6.07, 6.45) is -0.103. The van der Waals surface area contributed by atoms with Crippen LogP contribution in [-0.4, -0.2) is 38.8 Å². The van der Waals surface area contributed by atoms with Crippen molar-refractivity contribution >= 4 is 15.9 Å². The third-order valence-electron chi connectivity index (χ3n) is 3.23. The van der Waals surface area contributed by atoms with Crippen LogP contribution in [-0.2, 0) is 19.6 Å². The molecule has 1 saturated heterocycles. The van der Waals surface area contributed by atoms with Crippen molar-refractivity contribution in [2.24, 2.45) is 17.0 Å². The lowest BCUT2D eigenvalue weighted by Crippen LogP contribution is -2.40. The number of nitrogens with two attached hydrogens (primary N) is 1. The summed E-state index contributed by atoms with van der Waals surface area (Å²) in [5.41, 5.74) is 0. The van der Waals surface area contributed by atoms with Gasteiger partial charge in [0, 0.05) is 6.54 Å². The highest BCUT2D eigenvalue weighted by atomic mass is 32.2. The monoisotopic (exact) mass is 264 g/mol. The standard InChI is InChI=1S/C10H20N2O4S/c1-6-7(2)16-8(3)9(6)10(13)12-4-5-17(11,14)15/h6-9H,4-5H2,1-3H3,(H,12,13)(H2,11,14,15). The largest absolute Gasteiger partial charge is 0.374 e. The minimum absolute atomic E-state index is 0.0407. The molecule has 17 heavy (non-hydrogen) atoms. The second-order valence-corrected chi connectivity index (χ2v) is 6.32. The molecule has 0 bridgehead atoms. The number of carbonyl (C=O) groups excluding carboxylic acids is 1. The Kier molecular flexibility index (Phi) is 4.51. The molecule has 0 aromatic heterocycles. The zero-order valence-electron chi connectivity index (χ0n) is 10.3. The van der Waals surface area contributed by atoms with E-state index in [0.717, 1.165) is 0 Å². The van der Waals surface area contributed by atoms with Gasteiger partial charge in [0.2, 0.25) is 15.9 Å². The number of amides is 1. The van der Waals surface area contributed by atoms with E-state index in [2.05, 4.69) is 5.32 Å². The van der Waals surface area contributed by atoms with Gasteiger partial charge in [-0.3, -0.25) is 4.79 Å². The number of rotatable bonds is 4. The molecule has 4 atom stereocenters. The van der Waals surface area contributed by atoms with Gasteiger partial charge < -0.3 is 10.1 Å². The lowest BCUT2D eigenvalue weighted by atomic mass is 9.89. The molecule has 1 rings (SSSR count). The van der Waals surface area contributed by atoms with E-state index in [1.807, 2.05) is 20.8 Å². The molecule has 1 aliphatic heterocycles. The molecule has 0 aromatic rings. The van der Waals surface area contributed by atoms with Crippen LogP contribution in [0.2, 0.25) is 0 Å². The van der Waals surface area contributed by atoms with E-state index in [0.29, 0.717) is 0 Å². The Hall–Kier alpha value is -0.660. The summed E-state index contributed by atoms with van der Waals surface area (Å²) in [5, 5.41) is 7.43. The first-order chi connectivity index (χ1) is 7.72. The SMILES string of the molecule is CC1OC(C)C(C(=O)NCCS(N)(=O)=O)C1C. The van der Waals surface area contributed by atoms with Crippen LogP contribution in [0.25, 0.3) is 0 Å². The van der Waals surface area contributed by atoms with E-state index < -0.39 is 10.0 Å². The third kappa shape index (κ3) is 3.93. The lowest BCUT2D eigenvalue weighted by Gasteiger charge is -2.17. The summed E-state index contributed by atoms with van der Waals surface area (Å²) in [6.45, 7) is 5.78.